The maximum Gasteiger partial charge on any atom is 0.185 e. The topological polar surface area (TPSA) is 31.4 Å². The number of pyridine rings is 1. The minimum Gasteiger partial charge on any atom is -0.348 e. The number of hydrogen-bond donors (Lipinski definition) is 0. The summed E-state index contributed by atoms with van der Waals surface area (Å²) in [5.41, 5.74) is 3.32. The van der Waals surface area contributed by atoms with Crippen LogP contribution in [0.3, 0.4) is 0 Å². The Morgan fingerprint density at radius 3 is 1.97 bits per heavy atom. The van der Waals surface area contributed by atoms with Crippen LogP contribution in [0.5, 0.6) is 0 Å². The molecule has 206 valence electrons. The highest BCUT2D eigenvalue weighted by Crippen LogP contribution is 2.29. The van der Waals surface area contributed by atoms with Crippen molar-refractivity contribution in [2.24, 2.45) is 5.92 Å². The van der Waals surface area contributed by atoms with E-state index in [-0.39, 0.29) is 12.1 Å². The van der Waals surface area contributed by atoms with Gasteiger partial charge < -0.3 is 9.47 Å². The van der Waals surface area contributed by atoms with Gasteiger partial charge in [0, 0.05) is 23.2 Å². The molecule has 1 saturated heterocycles. The highest BCUT2D eigenvalue weighted by Gasteiger charge is 2.23. The standard InChI is InChI=1S/C33H50FNO2/c1-3-5-7-9-11-12-13-15-17-27-25-36-33(37-26-27)30-21-22-32(35-24-30)29-20-19-28(31(34)23-29)18-16-14-10-8-6-4-2/h19-24,27,33H,3-18,25-26H2,1-2H3/t27-,33-. The van der Waals surface area contributed by atoms with Gasteiger partial charge in [-0.3, -0.25) is 4.98 Å². The van der Waals surface area contributed by atoms with Crippen LogP contribution < -0.4 is 0 Å². The van der Waals surface area contributed by atoms with E-state index in [4.69, 9.17) is 9.47 Å². The van der Waals surface area contributed by atoms with Gasteiger partial charge in [0.1, 0.15) is 5.82 Å². The number of unbranched alkanes of at least 4 members (excludes halogenated alkanes) is 12. The van der Waals surface area contributed by atoms with Crippen LogP contribution in [-0.2, 0) is 15.9 Å². The van der Waals surface area contributed by atoms with Crippen molar-refractivity contribution < 1.29 is 13.9 Å². The lowest BCUT2D eigenvalue weighted by atomic mass is 10.0. The molecule has 2 heterocycles. The summed E-state index contributed by atoms with van der Waals surface area (Å²) in [5.74, 6) is 0.361. The molecule has 0 spiro atoms. The van der Waals surface area contributed by atoms with Crippen molar-refractivity contribution in [2.45, 2.75) is 123 Å². The van der Waals surface area contributed by atoms with Gasteiger partial charge in [-0.05, 0) is 37.0 Å². The molecule has 0 aliphatic carbocycles. The van der Waals surface area contributed by atoms with Gasteiger partial charge in [-0.25, -0.2) is 4.39 Å². The molecule has 37 heavy (non-hydrogen) atoms. The Kier molecular flexibility index (Phi) is 14.2. The summed E-state index contributed by atoms with van der Waals surface area (Å²) < 4.78 is 26.8. The Labute approximate surface area is 225 Å². The molecule has 0 N–H and O–H groups in total. The molecule has 1 fully saturated rings. The normalized spacial score (nSPS) is 17.8. The Balaban J connectivity index is 1.36. The zero-order valence-corrected chi connectivity index (χ0v) is 23.5. The summed E-state index contributed by atoms with van der Waals surface area (Å²) in [6, 6.07) is 9.47. The van der Waals surface area contributed by atoms with Gasteiger partial charge in [-0.1, -0.05) is 116 Å². The molecule has 2 aromatic rings. The molecule has 0 radical (unpaired) electrons. The van der Waals surface area contributed by atoms with E-state index >= 15 is 0 Å². The largest absolute Gasteiger partial charge is 0.348 e. The lowest BCUT2D eigenvalue weighted by Gasteiger charge is -2.29. The second-order valence-electron chi connectivity index (χ2n) is 10.9. The third-order valence-corrected chi connectivity index (χ3v) is 7.64. The van der Waals surface area contributed by atoms with E-state index in [1.165, 1.54) is 89.9 Å². The van der Waals surface area contributed by atoms with Gasteiger partial charge in [-0.2, -0.15) is 0 Å². The maximum absolute atomic E-state index is 14.7. The van der Waals surface area contributed by atoms with Crippen molar-refractivity contribution in [1.29, 1.82) is 0 Å². The van der Waals surface area contributed by atoms with E-state index < -0.39 is 0 Å². The van der Waals surface area contributed by atoms with Crippen LogP contribution in [0.1, 0.15) is 128 Å². The van der Waals surface area contributed by atoms with E-state index in [9.17, 15) is 4.39 Å². The molecule has 1 aliphatic rings. The molecular weight excluding hydrogens is 461 g/mol. The molecule has 0 amide bonds. The van der Waals surface area contributed by atoms with Crippen LogP contribution >= 0.6 is 0 Å². The third kappa shape index (κ3) is 10.9. The minimum absolute atomic E-state index is 0.126. The number of rotatable bonds is 18. The Bertz CT molecular complexity index is 861. The predicted octanol–water partition coefficient (Wildman–Crippen LogP) is 9.98. The highest BCUT2D eigenvalue weighted by atomic mass is 19.1. The first kappa shape index (κ1) is 29.8. The van der Waals surface area contributed by atoms with Crippen molar-refractivity contribution in [2.75, 3.05) is 13.2 Å². The summed E-state index contributed by atoms with van der Waals surface area (Å²) in [5, 5.41) is 0. The second kappa shape index (κ2) is 17.7. The monoisotopic (exact) mass is 511 g/mol. The molecule has 0 bridgehead atoms. The first-order chi connectivity index (χ1) is 18.2. The summed E-state index contributed by atoms with van der Waals surface area (Å²) in [7, 11) is 0. The van der Waals surface area contributed by atoms with Crippen LogP contribution in [0.2, 0.25) is 0 Å². The molecule has 1 aromatic carbocycles. The van der Waals surface area contributed by atoms with Gasteiger partial charge >= 0.3 is 0 Å². The van der Waals surface area contributed by atoms with Crippen molar-refractivity contribution in [3.63, 3.8) is 0 Å². The number of hydrogen-bond acceptors (Lipinski definition) is 3. The van der Waals surface area contributed by atoms with Gasteiger partial charge in [0.15, 0.2) is 6.29 Å². The average Bonchev–Trinajstić information content (AvgIpc) is 2.93. The van der Waals surface area contributed by atoms with Crippen LogP contribution in [0, 0.1) is 11.7 Å². The van der Waals surface area contributed by atoms with Crippen molar-refractivity contribution in [3.05, 3.63) is 53.5 Å². The Morgan fingerprint density at radius 1 is 0.757 bits per heavy atom. The fourth-order valence-electron chi connectivity index (χ4n) is 5.19. The number of aryl methyl sites for hydroxylation is 1. The summed E-state index contributed by atoms with van der Waals surface area (Å²) in [6.45, 7) is 5.98. The number of nitrogens with zero attached hydrogens (tertiary/aromatic N) is 1. The number of benzene rings is 1. The van der Waals surface area contributed by atoms with E-state index in [1.54, 1.807) is 12.3 Å². The van der Waals surface area contributed by atoms with E-state index in [0.29, 0.717) is 5.92 Å². The zero-order chi connectivity index (χ0) is 26.1. The lowest BCUT2D eigenvalue weighted by molar-refractivity contribution is -0.206. The minimum atomic E-state index is -0.354. The number of halogens is 1. The van der Waals surface area contributed by atoms with E-state index in [1.807, 2.05) is 24.3 Å². The quantitative estimate of drug-likeness (QED) is 0.187. The highest BCUT2D eigenvalue weighted by molar-refractivity contribution is 5.59. The number of aromatic nitrogens is 1. The Morgan fingerprint density at radius 2 is 1.38 bits per heavy atom. The van der Waals surface area contributed by atoms with Crippen molar-refractivity contribution in [3.8, 4) is 11.3 Å². The summed E-state index contributed by atoms with van der Waals surface area (Å²) in [4.78, 5) is 4.59. The van der Waals surface area contributed by atoms with Crippen LogP contribution in [-0.4, -0.2) is 18.2 Å². The molecule has 1 aromatic heterocycles. The molecule has 3 rings (SSSR count). The van der Waals surface area contributed by atoms with Crippen LogP contribution in [0.25, 0.3) is 11.3 Å². The van der Waals surface area contributed by atoms with E-state index in [0.717, 1.165) is 48.4 Å². The molecule has 0 unspecified atom stereocenters. The lowest BCUT2D eigenvalue weighted by Crippen LogP contribution is -2.27. The van der Waals surface area contributed by atoms with Gasteiger partial charge in [-0.15, -0.1) is 0 Å². The third-order valence-electron chi connectivity index (χ3n) is 7.64. The smallest absolute Gasteiger partial charge is 0.185 e. The van der Waals surface area contributed by atoms with Crippen LogP contribution in [0.4, 0.5) is 4.39 Å². The van der Waals surface area contributed by atoms with Crippen molar-refractivity contribution >= 4 is 0 Å². The second-order valence-corrected chi connectivity index (χ2v) is 10.9. The maximum atomic E-state index is 14.7. The predicted molar refractivity (Wildman–Crippen MR) is 152 cm³/mol. The fraction of sp³-hybridized carbons (Fsp3) is 0.667. The molecule has 4 heteroatoms. The Hall–Kier alpha value is -1.78. The molecule has 0 saturated carbocycles. The fourth-order valence-corrected chi connectivity index (χ4v) is 5.19. The average molecular weight is 512 g/mol. The van der Waals surface area contributed by atoms with Gasteiger partial charge in [0.05, 0.1) is 18.9 Å². The van der Waals surface area contributed by atoms with Gasteiger partial charge in [0.25, 0.3) is 0 Å². The van der Waals surface area contributed by atoms with Crippen molar-refractivity contribution in [1.82, 2.24) is 4.98 Å². The molecule has 3 nitrogen and oxygen atoms in total. The molecule has 1 aliphatic heterocycles. The first-order valence-electron chi connectivity index (χ1n) is 15.2. The van der Waals surface area contributed by atoms with Gasteiger partial charge in [0.2, 0.25) is 0 Å². The van der Waals surface area contributed by atoms with Crippen LogP contribution in [0.15, 0.2) is 36.5 Å². The molecular formula is C33H50FNO2. The summed E-state index contributed by atoms with van der Waals surface area (Å²) >= 11 is 0. The number of ether oxygens (including phenoxy) is 2. The first-order valence-corrected chi connectivity index (χ1v) is 15.2. The molecule has 0 atom stereocenters. The SMILES string of the molecule is CCCCCCCCCC[C@H]1CO[C@H](c2ccc(-c3ccc(CCCCCCCC)c(F)c3)nc2)OC1. The summed E-state index contributed by atoms with van der Waals surface area (Å²) in [6.07, 6.45) is 21.5. The zero-order valence-electron chi connectivity index (χ0n) is 23.5. The van der Waals surface area contributed by atoms with E-state index in [2.05, 4.69) is 18.8 Å².